The molecule has 0 amide bonds. The Kier molecular flexibility index (Phi) is 3.16. The summed E-state index contributed by atoms with van der Waals surface area (Å²) in [5, 5.41) is 0. The van der Waals surface area contributed by atoms with E-state index >= 15 is 0 Å². The number of hydrogen-bond donors (Lipinski definition) is 0. The molecular formula is C15H15F2N. The molecule has 0 atom stereocenters. The lowest BCUT2D eigenvalue weighted by Crippen LogP contribution is -2.12. The molecule has 94 valence electrons. The van der Waals surface area contributed by atoms with Gasteiger partial charge in [-0.05, 0) is 18.2 Å². The first-order chi connectivity index (χ1) is 8.38. The zero-order valence-corrected chi connectivity index (χ0v) is 10.7. The average molecular weight is 247 g/mol. The van der Waals surface area contributed by atoms with E-state index in [9.17, 15) is 8.78 Å². The van der Waals surface area contributed by atoms with Crippen molar-refractivity contribution in [1.82, 2.24) is 4.98 Å². The fourth-order valence-electron chi connectivity index (χ4n) is 1.72. The first kappa shape index (κ1) is 12.7. The minimum Gasteiger partial charge on any atom is -0.260 e. The van der Waals surface area contributed by atoms with Crippen LogP contribution in [-0.4, -0.2) is 4.98 Å². The topological polar surface area (TPSA) is 12.9 Å². The highest BCUT2D eigenvalue weighted by atomic mass is 19.1. The lowest BCUT2D eigenvalue weighted by atomic mass is 9.91. The van der Waals surface area contributed by atoms with E-state index in [2.05, 4.69) is 25.8 Å². The third kappa shape index (κ3) is 2.55. The Morgan fingerprint density at radius 2 is 1.72 bits per heavy atom. The fourth-order valence-corrected chi connectivity index (χ4v) is 1.72. The quantitative estimate of drug-likeness (QED) is 0.731. The van der Waals surface area contributed by atoms with Gasteiger partial charge in [-0.25, -0.2) is 8.78 Å². The van der Waals surface area contributed by atoms with Crippen LogP contribution in [0.1, 0.15) is 26.5 Å². The molecule has 0 aliphatic rings. The number of nitrogens with zero attached hydrogens (tertiary/aromatic N) is 1. The number of pyridine rings is 1. The first-order valence-electron chi connectivity index (χ1n) is 5.80. The second kappa shape index (κ2) is 4.48. The lowest BCUT2D eigenvalue weighted by Gasteiger charge is -2.17. The molecule has 0 saturated heterocycles. The Morgan fingerprint density at radius 3 is 2.22 bits per heavy atom. The van der Waals surface area contributed by atoms with E-state index in [0.29, 0.717) is 11.1 Å². The molecule has 2 rings (SSSR count). The number of aromatic nitrogens is 1. The molecular weight excluding hydrogens is 232 g/mol. The smallest absolute Gasteiger partial charge is 0.133 e. The SMILES string of the molecule is CC(C)(C)c1ccc(-c2ccc(F)cc2F)cn1. The standard InChI is InChI=1S/C15H15F2N/c1-15(2,3)14-7-4-10(9-18-14)12-6-5-11(16)8-13(12)17/h4-9H,1-3H3. The molecule has 0 aliphatic heterocycles. The Labute approximate surface area is 105 Å². The van der Waals surface area contributed by atoms with Crippen molar-refractivity contribution >= 4 is 0 Å². The first-order valence-corrected chi connectivity index (χ1v) is 5.80. The van der Waals surface area contributed by atoms with Crippen LogP contribution < -0.4 is 0 Å². The van der Waals surface area contributed by atoms with Crippen molar-refractivity contribution in [2.45, 2.75) is 26.2 Å². The zero-order chi connectivity index (χ0) is 13.3. The van der Waals surface area contributed by atoms with E-state index in [4.69, 9.17) is 0 Å². The number of rotatable bonds is 1. The molecule has 0 bridgehead atoms. The van der Waals surface area contributed by atoms with Gasteiger partial charge in [0, 0.05) is 34.5 Å². The summed E-state index contributed by atoms with van der Waals surface area (Å²) in [6.45, 7) is 6.19. The molecule has 1 nitrogen and oxygen atoms in total. The number of halogens is 2. The molecule has 1 aromatic carbocycles. The summed E-state index contributed by atoms with van der Waals surface area (Å²) in [5.74, 6) is -1.14. The maximum absolute atomic E-state index is 13.6. The van der Waals surface area contributed by atoms with Crippen molar-refractivity contribution in [2.24, 2.45) is 0 Å². The predicted octanol–water partition coefficient (Wildman–Crippen LogP) is 4.32. The molecule has 0 unspecified atom stereocenters. The minimum atomic E-state index is -0.574. The molecule has 3 heteroatoms. The minimum absolute atomic E-state index is 0.0418. The Hall–Kier alpha value is -1.77. The summed E-state index contributed by atoms with van der Waals surface area (Å²) in [7, 11) is 0. The van der Waals surface area contributed by atoms with Crippen molar-refractivity contribution in [3.8, 4) is 11.1 Å². The van der Waals surface area contributed by atoms with Crippen LogP contribution in [0.2, 0.25) is 0 Å². The highest BCUT2D eigenvalue weighted by Crippen LogP contribution is 2.25. The maximum Gasteiger partial charge on any atom is 0.133 e. The van der Waals surface area contributed by atoms with Gasteiger partial charge in [0.2, 0.25) is 0 Å². The highest BCUT2D eigenvalue weighted by molar-refractivity contribution is 5.63. The Morgan fingerprint density at radius 1 is 1.00 bits per heavy atom. The van der Waals surface area contributed by atoms with E-state index in [1.54, 1.807) is 6.20 Å². The summed E-state index contributed by atoms with van der Waals surface area (Å²) in [5.41, 5.74) is 1.92. The molecule has 2 aromatic rings. The third-order valence-corrected chi connectivity index (χ3v) is 2.77. The van der Waals surface area contributed by atoms with Crippen LogP contribution in [0.25, 0.3) is 11.1 Å². The van der Waals surface area contributed by atoms with E-state index in [1.165, 1.54) is 12.1 Å². The fraction of sp³-hybridized carbons (Fsp3) is 0.267. The van der Waals surface area contributed by atoms with Crippen molar-refractivity contribution < 1.29 is 8.78 Å². The molecule has 0 fully saturated rings. The Bertz CT molecular complexity index is 554. The molecule has 0 N–H and O–H groups in total. The van der Waals surface area contributed by atoms with Crippen molar-refractivity contribution in [1.29, 1.82) is 0 Å². The molecule has 0 radical (unpaired) electrons. The van der Waals surface area contributed by atoms with Gasteiger partial charge >= 0.3 is 0 Å². The van der Waals surface area contributed by atoms with E-state index in [-0.39, 0.29) is 5.41 Å². The normalized spacial score (nSPS) is 11.6. The van der Waals surface area contributed by atoms with Crippen LogP contribution in [0.3, 0.4) is 0 Å². The summed E-state index contributed by atoms with van der Waals surface area (Å²) in [6, 6.07) is 7.24. The highest BCUT2D eigenvalue weighted by Gasteiger charge is 2.15. The van der Waals surface area contributed by atoms with E-state index in [0.717, 1.165) is 11.8 Å². The molecule has 0 spiro atoms. The molecule has 0 saturated carbocycles. The van der Waals surface area contributed by atoms with Crippen LogP contribution in [0, 0.1) is 11.6 Å². The van der Waals surface area contributed by atoms with E-state index in [1.807, 2.05) is 12.1 Å². The van der Waals surface area contributed by atoms with Gasteiger partial charge in [0.05, 0.1) is 0 Å². The van der Waals surface area contributed by atoms with Crippen molar-refractivity contribution in [3.05, 3.63) is 53.9 Å². The predicted molar refractivity (Wildman–Crippen MR) is 68.3 cm³/mol. The van der Waals surface area contributed by atoms with Crippen molar-refractivity contribution in [3.63, 3.8) is 0 Å². The number of hydrogen-bond acceptors (Lipinski definition) is 1. The van der Waals surface area contributed by atoms with Crippen molar-refractivity contribution in [2.75, 3.05) is 0 Å². The zero-order valence-electron chi connectivity index (χ0n) is 10.7. The largest absolute Gasteiger partial charge is 0.260 e. The van der Waals surface area contributed by atoms with Gasteiger partial charge in [-0.2, -0.15) is 0 Å². The van der Waals surface area contributed by atoms with Crippen LogP contribution >= 0.6 is 0 Å². The summed E-state index contributed by atoms with van der Waals surface area (Å²) in [6.07, 6.45) is 1.62. The average Bonchev–Trinajstić information content (AvgIpc) is 2.28. The lowest BCUT2D eigenvalue weighted by molar-refractivity contribution is 0.569. The summed E-state index contributed by atoms with van der Waals surface area (Å²) in [4.78, 5) is 4.33. The van der Waals surface area contributed by atoms with Gasteiger partial charge in [-0.1, -0.05) is 26.8 Å². The molecule has 1 heterocycles. The summed E-state index contributed by atoms with van der Waals surface area (Å²) >= 11 is 0. The summed E-state index contributed by atoms with van der Waals surface area (Å²) < 4.78 is 26.4. The maximum atomic E-state index is 13.6. The third-order valence-electron chi connectivity index (χ3n) is 2.77. The van der Waals surface area contributed by atoms with Gasteiger partial charge < -0.3 is 0 Å². The van der Waals surface area contributed by atoms with Gasteiger partial charge in [-0.15, -0.1) is 0 Å². The van der Waals surface area contributed by atoms with Gasteiger partial charge in [0.25, 0.3) is 0 Å². The van der Waals surface area contributed by atoms with Gasteiger partial charge in [0.1, 0.15) is 11.6 Å². The van der Waals surface area contributed by atoms with Crippen LogP contribution in [0.5, 0.6) is 0 Å². The second-order valence-electron chi connectivity index (χ2n) is 5.31. The van der Waals surface area contributed by atoms with Crippen LogP contribution in [0.15, 0.2) is 36.5 Å². The van der Waals surface area contributed by atoms with E-state index < -0.39 is 11.6 Å². The van der Waals surface area contributed by atoms with Gasteiger partial charge in [0.15, 0.2) is 0 Å². The molecule has 1 aromatic heterocycles. The number of benzene rings is 1. The van der Waals surface area contributed by atoms with Crippen LogP contribution in [-0.2, 0) is 5.41 Å². The molecule has 18 heavy (non-hydrogen) atoms. The Balaban J connectivity index is 2.41. The second-order valence-corrected chi connectivity index (χ2v) is 5.31. The molecule has 0 aliphatic carbocycles. The van der Waals surface area contributed by atoms with Gasteiger partial charge in [-0.3, -0.25) is 4.98 Å². The van der Waals surface area contributed by atoms with Crippen LogP contribution in [0.4, 0.5) is 8.78 Å². The monoisotopic (exact) mass is 247 g/mol.